The summed E-state index contributed by atoms with van der Waals surface area (Å²) in [7, 11) is -1.31. The van der Waals surface area contributed by atoms with Crippen LogP contribution in [0.15, 0.2) is 78.9 Å². The van der Waals surface area contributed by atoms with Crippen LogP contribution in [0.5, 0.6) is 11.5 Å². The van der Waals surface area contributed by atoms with E-state index in [1.165, 1.54) is 14.2 Å². The number of aliphatic hydroxyl groups excluding tert-OH is 1. The summed E-state index contributed by atoms with van der Waals surface area (Å²) >= 11 is 0. The third kappa shape index (κ3) is 5.05. The summed E-state index contributed by atoms with van der Waals surface area (Å²) in [6, 6.07) is 22.5. The minimum atomic E-state index is -4.38. The molecule has 0 spiro atoms. The summed E-state index contributed by atoms with van der Waals surface area (Å²) in [5.41, 5.74) is -0.0178. The smallest absolute Gasteiger partial charge is 0.273 e. The number of benzene rings is 3. The Bertz CT molecular complexity index is 1030. The lowest BCUT2D eigenvalue weighted by molar-refractivity contribution is -0.0223. The van der Waals surface area contributed by atoms with Crippen molar-refractivity contribution in [3.8, 4) is 11.5 Å². The normalized spacial score (nSPS) is 12.0. The van der Waals surface area contributed by atoms with Gasteiger partial charge in [-0.05, 0) is 41.0 Å². The van der Waals surface area contributed by atoms with Gasteiger partial charge in [0.2, 0.25) is 0 Å². The molecule has 3 aromatic carbocycles. The van der Waals surface area contributed by atoms with Crippen LogP contribution in [0.3, 0.4) is 0 Å². The standard InChI is InChI=1S/C23H24O7S/c1-28-20-12-8-18(9-13-20)23(17-6-4-3-5-7-17,30-31(26,27)16-22(24)25)19-10-14-21(29-2)15-11-19/h3-15,22,24-25H,16H2,1-2H3. The average Bonchev–Trinajstić information content (AvgIpc) is 2.77. The van der Waals surface area contributed by atoms with Crippen LogP contribution in [0.1, 0.15) is 16.7 Å². The average molecular weight is 445 g/mol. The van der Waals surface area contributed by atoms with E-state index >= 15 is 0 Å². The number of rotatable bonds is 9. The van der Waals surface area contributed by atoms with Crippen LogP contribution in [-0.2, 0) is 19.9 Å². The Labute approximate surface area is 181 Å². The molecule has 0 aliphatic rings. The molecule has 0 heterocycles. The van der Waals surface area contributed by atoms with E-state index in [9.17, 15) is 18.6 Å². The molecule has 2 N–H and O–H groups in total. The first kappa shape index (κ1) is 22.8. The van der Waals surface area contributed by atoms with E-state index in [0.29, 0.717) is 28.2 Å². The maximum Gasteiger partial charge on any atom is 0.273 e. The van der Waals surface area contributed by atoms with Gasteiger partial charge in [-0.3, -0.25) is 0 Å². The van der Waals surface area contributed by atoms with Gasteiger partial charge in [0.05, 0.1) is 14.2 Å². The summed E-state index contributed by atoms with van der Waals surface area (Å²) in [6.45, 7) is 0. The number of aliphatic hydroxyl groups is 2. The first-order valence-corrected chi connectivity index (χ1v) is 11.0. The molecular formula is C23H24O7S. The fourth-order valence-electron chi connectivity index (χ4n) is 3.38. The molecule has 31 heavy (non-hydrogen) atoms. The van der Waals surface area contributed by atoms with Crippen molar-refractivity contribution < 1.29 is 32.3 Å². The van der Waals surface area contributed by atoms with Crippen LogP contribution in [0.2, 0.25) is 0 Å². The fraction of sp³-hybridized carbons (Fsp3) is 0.217. The van der Waals surface area contributed by atoms with E-state index in [1.54, 1.807) is 72.8 Å². The summed E-state index contributed by atoms with van der Waals surface area (Å²) in [5, 5.41) is 18.6. The molecule has 0 fully saturated rings. The summed E-state index contributed by atoms with van der Waals surface area (Å²) in [4.78, 5) is 0. The summed E-state index contributed by atoms with van der Waals surface area (Å²) < 4.78 is 41.9. The lowest BCUT2D eigenvalue weighted by atomic mass is 9.80. The maximum absolute atomic E-state index is 12.8. The van der Waals surface area contributed by atoms with Gasteiger partial charge in [-0.1, -0.05) is 54.6 Å². The Kier molecular flexibility index (Phi) is 6.97. The van der Waals surface area contributed by atoms with Crippen LogP contribution in [0.25, 0.3) is 0 Å². The highest BCUT2D eigenvalue weighted by atomic mass is 32.2. The third-order valence-corrected chi connectivity index (χ3v) is 5.99. The van der Waals surface area contributed by atoms with E-state index in [-0.39, 0.29) is 0 Å². The van der Waals surface area contributed by atoms with Crippen molar-refractivity contribution in [2.45, 2.75) is 11.9 Å². The highest BCUT2D eigenvalue weighted by molar-refractivity contribution is 7.86. The molecule has 0 aromatic heterocycles. The van der Waals surface area contributed by atoms with Gasteiger partial charge in [0.25, 0.3) is 10.1 Å². The molecular weight excluding hydrogens is 420 g/mol. The zero-order valence-electron chi connectivity index (χ0n) is 17.1. The minimum absolute atomic E-state index is 0.515. The monoisotopic (exact) mass is 444 g/mol. The Morgan fingerprint density at radius 1 is 0.742 bits per heavy atom. The number of ether oxygens (including phenoxy) is 2. The van der Waals surface area contributed by atoms with Gasteiger partial charge in [-0.25, -0.2) is 4.18 Å². The Balaban J connectivity index is 2.30. The molecule has 3 rings (SSSR count). The summed E-state index contributed by atoms with van der Waals surface area (Å²) in [6.07, 6.45) is -2.08. The van der Waals surface area contributed by atoms with Gasteiger partial charge in [0.1, 0.15) is 17.3 Å². The lowest BCUT2D eigenvalue weighted by Gasteiger charge is -2.35. The molecule has 0 aliphatic heterocycles. The van der Waals surface area contributed by atoms with Gasteiger partial charge in [-0.2, -0.15) is 8.42 Å². The van der Waals surface area contributed by atoms with Crippen LogP contribution in [0, 0.1) is 0 Å². The number of methoxy groups -OCH3 is 2. The van der Waals surface area contributed by atoms with Gasteiger partial charge in [0.15, 0.2) is 11.9 Å². The highest BCUT2D eigenvalue weighted by Gasteiger charge is 2.42. The molecule has 3 aromatic rings. The molecule has 0 aliphatic carbocycles. The molecule has 0 radical (unpaired) electrons. The second kappa shape index (κ2) is 9.49. The van der Waals surface area contributed by atoms with Gasteiger partial charge < -0.3 is 19.7 Å². The molecule has 164 valence electrons. The van der Waals surface area contributed by atoms with Crippen LogP contribution >= 0.6 is 0 Å². The predicted octanol–water partition coefficient (Wildman–Crippen LogP) is 2.65. The molecule has 0 saturated carbocycles. The van der Waals surface area contributed by atoms with Crippen molar-refractivity contribution in [1.29, 1.82) is 0 Å². The van der Waals surface area contributed by atoms with Crippen LogP contribution < -0.4 is 9.47 Å². The van der Waals surface area contributed by atoms with E-state index in [2.05, 4.69) is 0 Å². The molecule has 0 atom stereocenters. The number of hydrogen-bond donors (Lipinski definition) is 2. The molecule has 0 amide bonds. The van der Waals surface area contributed by atoms with Crippen molar-refractivity contribution in [2.24, 2.45) is 0 Å². The Morgan fingerprint density at radius 2 is 1.16 bits per heavy atom. The fourth-order valence-corrected chi connectivity index (χ4v) is 4.48. The van der Waals surface area contributed by atoms with Crippen molar-refractivity contribution in [3.05, 3.63) is 95.6 Å². The van der Waals surface area contributed by atoms with Crippen molar-refractivity contribution >= 4 is 10.1 Å². The molecule has 0 saturated heterocycles. The second-order valence-corrected chi connectivity index (χ2v) is 8.41. The first-order valence-electron chi connectivity index (χ1n) is 9.45. The van der Waals surface area contributed by atoms with E-state index in [0.717, 1.165) is 0 Å². The summed E-state index contributed by atoms with van der Waals surface area (Å²) in [5.74, 6) is 0.205. The predicted molar refractivity (Wildman–Crippen MR) is 115 cm³/mol. The second-order valence-electron chi connectivity index (χ2n) is 6.79. The maximum atomic E-state index is 12.8. The molecule has 7 nitrogen and oxygen atoms in total. The zero-order chi connectivity index (χ0) is 22.5. The quantitative estimate of drug-likeness (QED) is 0.297. The third-order valence-electron chi connectivity index (χ3n) is 4.78. The SMILES string of the molecule is COc1ccc(C(OS(=O)(=O)CC(O)O)(c2ccccc2)c2ccc(OC)cc2)cc1. The van der Waals surface area contributed by atoms with Crippen molar-refractivity contribution in [3.63, 3.8) is 0 Å². The lowest BCUT2D eigenvalue weighted by Crippen LogP contribution is -2.37. The van der Waals surface area contributed by atoms with Gasteiger partial charge >= 0.3 is 0 Å². The van der Waals surface area contributed by atoms with Crippen LogP contribution in [0.4, 0.5) is 0 Å². The Morgan fingerprint density at radius 3 is 1.55 bits per heavy atom. The molecule has 8 heteroatoms. The van der Waals surface area contributed by atoms with E-state index < -0.39 is 27.8 Å². The molecule has 0 unspecified atom stereocenters. The molecule has 0 bridgehead atoms. The zero-order valence-corrected chi connectivity index (χ0v) is 18.0. The van der Waals surface area contributed by atoms with Crippen molar-refractivity contribution in [1.82, 2.24) is 0 Å². The van der Waals surface area contributed by atoms with Crippen molar-refractivity contribution in [2.75, 3.05) is 20.0 Å². The highest BCUT2D eigenvalue weighted by Crippen LogP contribution is 2.42. The van der Waals surface area contributed by atoms with Gasteiger partial charge in [-0.15, -0.1) is 0 Å². The van der Waals surface area contributed by atoms with E-state index in [1.807, 2.05) is 6.07 Å². The topological polar surface area (TPSA) is 102 Å². The minimum Gasteiger partial charge on any atom is -0.497 e. The first-order chi connectivity index (χ1) is 14.8. The Hall–Kier alpha value is -2.91. The number of hydrogen-bond acceptors (Lipinski definition) is 7. The van der Waals surface area contributed by atoms with Crippen LogP contribution in [-0.4, -0.2) is 44.9 Å². The largest absolute Gasteiger partial charge is 0.497 e. The van der Waals surface area contributed by atoms with E-state index in [4.69, 9.17) is 13.7 Å². The van der Waals surface area contributed by atoms with Gasteiger partial charge in [0, 0.05) is 0 Å².